The monoisotopic (exact) mass is 452 g/mol. The zero-order chi connectivity index (χ0) is 23.4. The predicted molar refractivity (Wildman–Crippen MR) is 122 cm³/mol. The highest BCUT2D eigenvalue weighted by Crippen LogP contribution is 2.41. The molecule has 1 N–H and O–H groups in total. The van der Waals surface area contributed by atoms with Crippen molar-refractivity contribution >= 4 is 17.4 Å². The minimum Gasteiger partial charge on any atom is -0.507 e. The highest BCUT2D eigenvalue weighted by Gasteiger charge is 2.46. The van der Waals surface area contributed by atoms with Crippen LogP contribution in [0.15, 0.2) is 54.1 Å². The Morgan fingerprint density at radius 3 is 2.36 bits per heavy atom. The molecule has 2 heterocycles. The van der Waals surface area contributed by atoms with E-state index in [9.17, 15) is 14.7 Å². The highest BCUT2D eigenvalue weighted by molar-refractivity contribution is 6.46. The maximum absolute atomic E-state index is 13.2. The van der Waals surface area contributed by atoms with Gasteiger partial charge in [0.1, 0.15) is 17.3 Å². The maximum atomic E-state index is 13.2. The summed E-state index contributed by atoms with van der Waals surface area (Å²) in [4.78, 5) is 30.0. The molecule has 1 unspecified atom stereocenters. The third kappa shape index (κ3) is 4.58. The molecule has 2 aromatic rings. The molecule has 2 aliphatic heterocycles. The van der Waals surface area contributed by atoms with E-state index in [1.165, 1.54) is 7.11 Å². The van der Waals surface area contributed by atoms with E-state index in [4.69, 9.17) is 14.2 Å². The molecular formula is C25H28N2O6. The van der Waals surface area contributed by atoms with E-state index < -0.39 is 17.7 Å². The van der Waals surface area contributed by atoms with Gasteiger partial charge in [-0.1, -0.05) is 24.3 Å². The summed E-state index contributed by atoms with van der Waals surface area (Å²) in [5, 5.41) is 11.2. The Balaban J connectivity index is 1.76. The van der Waals surface area contributed by atoms with E-state index in [0.29, 0.717) is 48.9 Å². The van der Waals surface area contributed by atoms with E-state index >= 15 is 0 Å². The molecule has 2 aliphatic rings. The second-order valence-corrected chi connectivity index (χ2v) is 7.92. The smallest absolute Gasteiger partial charge is 0.295 e. The third-order valence-electron chi connectivity index (χ3n) is 6.09. The van der Waals surface area contributed by atoms with Crippen LogP contribution in [0.25, 0.3) is 5.76 Å². The number of rotatable bonds is 7. The number of amides is 1. The number of hydrogen-bond donors (Lipinski definition) is 1. The van der Waals surface area contributed by atoms with Gasteiger partial charge in [0.25, 0.3) is 11.7 Å². The lowest BCUT2D eigenvalue weighted by molar-refractivity contribution is -0.140. The third-order valence-corrected chi connectivity index (χ3v) is 6.09. The molecular weight excluding hydrogens is 424 g/mol. The number of ether oxygens (including phenoxy) is 3. The number of ketones is 1. The Hall–Kier alpha value is -3.36. The van der Waals surface area contributed by atoms with Crippen LogP contribution in [0.4, 0.5) is 0 Å². The quantitative estimate of drug-likeness (QED) is 0.392. The van der Waals surface area contributed by atoms with E-state index in [0.717, 1.165) is 13.1 Å². The lowest BCUT2D eigenvalue weighted by Crippen LogP contribution is -2.42. The number of aliphatic hydroxyl groups excluding tert-OH is 1. The number of methoxy groups -OCH3 is 2. The first kappa shape index (κ1) is 22.8. The van der Waals surface area contributed by atoms with Crippen LogP contribution < -0.4 is 9.47 Å². The van der Waals surface area contributed by atoms with Crippen molar-refractivity contribution in [2.24, 2.45) is 0 Å². The van der Waals surface area contributed by atoms with Crippen molar-refractivity contribution in [1.82, 2.24) is 9.80 Å². The Morgan fingerprint density at radius 2 is 1.70 bits per heavy atom. The van der Waals surface area contributed by atoms with Crippen molar-refractivity contribution in [3.63, 3.8) is 0 Å². The first-order valence-electron chi connectivity index (χ1n) is 10.9. The van der Waals surface area contributed by atoms with Crippen molar-refractivity contribution in [3.8, 4) is 11.5 Å². The minimum absolute atomic E-state index is 0.0524. The van der Waals surface area contributed by atoms with E-state index in [1.54, 1.807) is 48.4 Å². The SMILES string of the molecule is COc1ccc(C2/C(=C(\O)c3ccccc3OC)C(=O)C(=O)N2CCN2CCOCC2)cc1. The molecule has 2 aromatic carbocycles. The van der Waals surface area contributed by atoms with Crippen LogP contribution in [0.2, 0.25) is 0 Å². The Morgan fingerprint density at radius 1 is 1.00 bits per heavy atom. The number of aliphatic hydroxyl groups is 1. The Kier molecular flexibility index (Phi) is 6.96. The van der Waals surface area contributed by atoms with Gasteiger partial charge in [-0.25, -0.2) is 0 Å². The summed E-state index contributed by atoms with van der Waals surface area (Å²) in [7, 11) is 3.07. The van der Waals surface area contributed by atoms with Crippen molar-refractivity contribution in [2.75, 3.05) is 53.6 Å². The van der Waals surface area contributed by atoms with Crippen LogP contribution in [0, 0.1) is 0 Å². The molecule has 0 aliphatic carbocycles. The number of likely N-dealkylation sites (tertiary alicyclic amines) is 1. The molecule has 0 bridgehead atoms. The van der Waals surface area contributed by atoms with Gasteiger partial charge in [0.15, 0.2) is 0 Å². The summed E-state index contributed by atoms with van der Waals surface area (Å²) >= 11 is 0. The molecule has 1 amide bonds. The number of para-hydroxylation sites is 1. The van der Waals surface area contributed by atoms with Gasteiger partial charge in [0.2, 0.25) is 0 Å². The summed E-state index contributed by atoms with van der Waals surface area (Å²) in [5.74, 6) is -0.501. The summed E-state index contributed by atoms with van der Waals surface area (Å²) in [6.07, 6.45) is 0. The second kappa shape index (κ2) is 10.1. The fraction of sp³-hybridized carbons (Fsp3) is 0.360. The summed E-state index contributed by atoms with van der Waals surface area (Å²) in [6, 6.07) is 13.3. The Labute approximate surface area is 193 Å². The zero-order valence-corrected chi connectivity index (χ0v) is 18.8. The van der Waals surface area contributed by atoms with Crippen LogP contribution in [0.3, 0.4) is 0 Å². The molecule has 0 spiro atoms. The number of morpholine rings is 1. The van der Waals surface area contributed by atoms with Crippen molar-refractivity contribution in [3.05, 3.63) is 65.2 Å². The van der Waals surface area contributed by atoms with Crippen molar-refractivity contribution in [2.45, 2.75) is 6.04 Å². The topological polar surface area (TPSA) is 88.5 Å². The largest absolute Gasteiger partial charge is 0.507 e. The number of carbonyl (C=O) groups is 2. The molecule has 8 nitrogen and oxygen atoms in total. The molecule has 0 aromatic heterocycles. The van der Waals surface area contributed by atoms with Crippen molar-refractivity contribution < 1.29 is 28.9 Å². The molecule has 8 heteroatoms. The second-order valence-electron chi connectivity index (χ2n) is 7.92. The van der Waals surface area contributed by atoms with Gasteiger partial charge >= 0.3 is 0 Å². The molecule has 0 radical (unpaired) electrons. The van der Waals surface area contributed by atoms with Crippen LogP contribution in [-0.4, -0.2) is 80.2 Å². The van der Waals surface area contributed by atoms with Gasteiger partial charge in [0.05, 0.1) is 44.6 Å². The number of benzene rings is 2. The Bertz CT molecular complexity index is 1040. The normalized spacial score (nSPS) is 20.8. The molecule has 2 saturated heterocycles. The number of hydrogen-bond acceptors (Lipinski definition) is 7. The number of carbonyl (C=O) groups excluding carboxylic acids is 2. The molecule has 2 fully saturated rings. The molecule has 0 saturated carbocycles. The molecule has 33 heavy (non-hydrogen) atoms. The standard InChI is InChI=1S/C25H28N2O6/c1-31-18-9-7-17(8-10-18)22-21(23(28)19-5-3-4-6-20(19)32-2)24(29)25(30)27(22)12-11-26-13-15-33-16-14-26/h3-10,22,28H,11-16H2,1-2H3/b23-21+. The minimum atomic E-state index is -0.721. The molecule has 4 rings (SSSR count). The van der Waals surface area contributed by atoms with Crippen LogP contribution in [0.1, 0.15) is 17.2 Å². The first-order valence-corrected chi connectivity index (χ1v) is 10.9. The fourth-order valence-electron chi connectivity index (χ4n) is 4.30. The van der Waals surface area contributed by atoms with E-state index in [2.05, 4.69) is 4.90 Å². The van der Waals surface area contributed by atoms with Gasteiger partial charge in [-0.15, -0.1) is 0 Å². The van der Waals surface area contributed by atoms with Crippen LogP contribution in [-0.2, 0) is 14.3 Å². The lowest BCUT2D eigenvalue weighted by Gasteiger charge is -2.31. The zero-order valence-electron chi connectivity index (χ0n) is 18.8. The average Bonchev–Trinajstić information content (AvgIpc) is 3.12. The van der Waals surface area contributed by atoms with E-state index in [1.807, 2.05) is 12.1 Å². The first-order chi connectivity index (χ1) is 16.0. The summed E-state index contributed by atoms with van der Waals surface area (Å²) in [6.45, 7) is 3.81. The van der Waals surface area contributed by atoms with Gasteiger partial charge in [-0.3, -0.25) is 14.5 Å². The van der Waals surface area contributed by atoms with Gasteiger partial charge in [-0.05, 0) is 29.8 Å². The number of Topliss-reactive ketones (excluding diaryl/α,β-unsaturated/α-hetero) is 1. The highest BCUT2D eigenvalue weighted by atomic mass is 16.5. The molecule has 174 valence electrons. The summed E-state index contributed by atoms with van der Waals surface area (Å²) in [5.41, 5.74) is 1.13. The average molecular weight is 453 g/mol. The van der Waals surface area contributed by atoms with E-state index in [-0.39, 0.29) is 11.3 Å². The summed E-state index contributed by atoms with van der Waals surface area (Å²) < 4.78 is 16.0. The van der Waals surface area contributed by atoms with Gasteiger partial charge in [-0.2, -0.15) is 0 Å². The van der Waals surface area contributed by atoms with Crippen LogP contribution >= 0.6 is 0 Å². The van der Waals surface area contributed by atoms with Gasteiger partial charge < -0.3 is 24.2 Å². The lowest BCUT2D eigenvalue weighted by atomic mass is 9.95. The number of nitrogens with zero attached hydrogens (tertiary/aromatic N) is 2. The fourth-order valence-corrected chi connectivity index (χ4v) is 4.30. The van der Waals surface area contributed by atoms with Crippen LogP contribution in [0.5, 0.6) is 11.5 Å². The molecule has 1 atom stereocenters. The van der Waals surface area contributed by atoms with Crippen molar-refractivity contribution in [1.29, 1.82) is 0 Å². The maximum Gasteiger partial charge on any atom is 0.295 e. The predicted octanol–water partition coefficient (Wildman–Crippen LogP) is 2.46. The van der Waals surface area contributed by atoms with Gasteiger partial charge in [0, 0.05) is 26.2 Å².